The molecular weight excluding hydrogens is 347 g/mol. The maximum atomic E-state index is 12.8. The molecule has 5 nitrogen and oxygen atoms in total. The summed E-state index contributed by atoms with van der Waals surface area (Å²) in [7, 11) is 1.18. The summed E-state index contributed by atoms with van der Waals surface area (Å²) in [5.41, 5.74) is 1.22. The molecule has 0 aliphatic heterocycles. The number of halogens is 3. The smallest absolute Gasteiger partial charge is 0.418 e. The van der Waals surface area contributed by atoms with Crippen molar-refractivity contribution >= 4 is 5.91 Å². The van der Waals surface area contributed by atoms with Gasteiger partial charge in [0.25, 0.3) is 5.91 Å². The number of nitrogens with one attached hydrogen (secondary N) is 1. The van der Waals surface area contributed by atoms with E-state index in [2.05, 4.69) is 16.4 Å². The Morgan fingerprint density at radius 1 is 1.38 bits per heavy atom. The van der Waals surface area contributed by atoms with Crippen LogP contribution in [0.3, 0.4) is 0 Å². The number of pyridine rings is 1. The van der Waals surface area contributed by atoms with E-state index in [-0.39, 0.29) is 17.5 Å². The average molecular weight is 361 g/mol. The largest absolute Gasteiger partial charge is 0.494 e. The van der Waals surface area contributed by atoms with Gasteiger partial charge in [-0.15, -0.1) is 0 Å². The van der Waals surface area contributed by atoms with Crippen LogP contribution < -0.4 is 10.1 Å². The molecule has 1 unspecified atom stereocenters. The first-order valence-electron chi connectivity index (χ1n) is 7.78. The summed E-state index contributed by atoms with van der Waals surface area (Å²) in [5, 5.41) is 11.7. The topological polar surface area (TPSA) is 75.0 Å². The number of benzene rings is 1. The van der Waals surface area contributed by atoms with Crippen LogP contribution in [-0.4, -0.2) is 18.0 Å². The van der Waals surface area contributed by atoms with E-state index in [9.17, 15) is 18.0 Å². The van der Waals surface area contributed by atoms with Gasteiger partial charge in [-0.25, -0.2) is 4.98 Å². The van der Waals surface area contributed by atoms with Gasteiger partial charge in [0, 0.05) is 6.20 Å². The molecule has 1 aromatic carbocycles. The number of nitriles is 1. The number of methoxy groups -OCH3 is 1. The van der Waals surface area contributed by atoms with Crippen LogP contribution in [0, 0.1) is 11.3 Å². The molecule has 0 spiro atoms. The predicted molar refractivity (Wildman–Crippen MR) is 85.5 cm³/mol. The number of nitrogens with zero attached hydrogens (tertiary/aromatic N) is 2. The minimum absolute atomic E-state index is 0.206. The van der Waals surface area contributed by atoms with Crippen LogP contribution in [0.5, 0.6) is 5.75 Å². The Bertz CT molecular complexity index is 904. The fraction of sp³-hybridized carbons (Fsp3) is 0.278. The Balaban J connectivity index is 1.83. The maximum absolute atomic E-state index is 12.8. The van der Waals surface area contributed by atoms with Gasteiger partial charge in [0.2, 0.25) is 0 Å². The van der Waals surface area contributed by atoms with Crippen molar-refractivity contribution in [3.63, 3.8) is 0 Å². The number of aromatic nitrogens is 1. The van der Waals surface area contributed by atoms with E-state index < -0.39 is 17.6 Å². The average Bonchev–Trinajstić information content (AvgIpc) is 3.02. The summed E-state index contributed by atoms with van der Waals surface area (Å²) in [6, 6.07) is 7.75. The SMILES string of the molecule is COc1cc(C(F)(F)F)cnc1C(=O)NC1CCc2cc(C#N)ccc21. The molecule has 26 heavy (non-hydrogen) atoms. The maximum Gasteiger partial charge on any atom is 0.418 e. The van der Waals surface area contributed by atoms with E-state index in [0.717, 1.165) is 17.2 Å². The highest BCUT2D eigenvalue weighted by molar-refractivity contribution is 5.95. The molecule has 1 aromatic heterocycles. The van der Waals surface area contributed by atoms with Gasteiger partial charge in [-0.2, -0.15) is 18.4 Å². The molecule has 0 saturated carbocycles. The van der Waals surface area contributed by atoms with E-state index in [0.29, 0.717) is 24.6 Å². The van der Waals surface area contributed by atoms with E-state index in [4.69, 9.17) is 10.00 Å². The van der Waals surface area contributed by atoms with Gasteiger partial charge >= 0.3 is 6.18 Å². The standard InChI is InChI=1S/C18H14F3N3O2/c1-26-15-7-12(18(19,20)21)9-23-16(15)17(25)24-14-5-3-11-6-10(8-22)2-4-13(11)14/h2,4,6-7,9,14H,3,5H2,1H3,(H,24,25). The lowest BCUT2D eigenvalue weighted by molar-refractivity contribution is -0.137. The predicted octanol–water partition coefficient (Wildman–Crippen LogP) is 3.40. The zero-order valence-corrected chi connectivity index (χ0v) is 13.7. The Kier molecular flexibility index (Phi) is 4.55. The van der Waals surface area contributed by atoms with Gasteiger partial charge in [-0.05, 0) is 42.2 Å². The minimum atomic E-state index is -4.57. The summed E-state index contributed by atoms with van der Waals surface area (Å²) in [4.78, 5) is 16.1. The highest BCUT2D eigenvalue weighted by atomic mass is 19.4. The number of ether oxygens (including phenoxy) is 1. The zero-order valence-electron chi connectivity index (χ0n) is 13.7. The molecule has 1 atom stereocenters. The second-order valence-corrected chi connectivity index (χ2v) is 5.86. The molecule has 8 heteroatoms. The number of amides is 1. The summed E-state index contributed by atoms with van der Waals surface area (Å²) in [5.74, 6) is -0.854. The van der Waals surface area contributed by atoms with E-state index in [1.54, 1.807) is 18.2 Å². The summed E-state index contributed by atoms with van der Waals surface area (Å²) < 4.78 is 43.2. The second-order valence-electron chi connectivity index (χ2n) is 5.86. The van der Waals surface area contributed by atoms with Crippen molar-refractivity contribution in [2.24, 2.45) is 0 Å². The number of fused-ring (bicyclic) bond motifs is 1. The van der Waals surface area contributed by atoms with Gasteiger partial charge < -0.3 is 10.1 Å². The molecule has 1 aliphatic carbocycles. The van der Waals surface area contributed by atoms with E-state index >= 15 is 0 Å². The highest BCUT2D eigenvalue weighted by Crippen LogP contribution is 2.34. The van der Waals surface area contributed by atoms with Crippen molar-refractivity contribution in [3.8, 4) is 11.8 Å². The number of hydrogen-bond acceptors (Lipinski definition) is 4. The summed E-state index contributed by atoms with van der Waals surface area (Å²) in [6.45, 7) is 0. The molecule has 0 fully saturated rings. The first kappa shape index (κ1) is 17.7. The van der Waals surface area contributed by atoms with Crippen LogP contribution in [0.1, 0.15) is 45.2 Å². The first-order chi connectivity index (χ1) is 12.3. The number of carbonyl (C=O) groups is 1. The number of alkyl halides is 3. The zero-order chi connectivity index (χ0) is 18.9. The van der Waals surface area contributed by atoms with Crippen LogP contribution in [0.25, 0.3) is 0 Å². The molecule has 1 amide bonds. The van der Waals surface area contributed by atoms with Crippen molar-refractivity contribution in [3.05, 3.63) is 58.4 Å². The molecular formula is C18H14F3N3O2. The van der Waals surface area contributed by atoms with Crippen molar-refractivity contribution in [2.75, 3.05) is 7.11 Å². The molecule has 0 saturated heterocycles. The lowest BCUT2D eigenvalue weighted by Crippen LogP contribution is -2.28. The van der Waals surface area contributed by atoms with Crippen molar-refractivity contribution in [1.82, 2.24) is 10.3 Å². The number of carbonyl (C=O) groups excluding carboxylic acids is 1. The number of hydrogen-bond donors (Lipinski definition) is 1. The third-order valence-electron chi connectivity index (χ3n) is 4.27. The Hall–Kier alpha value is -3.08. The Labute approximate surface area is 147 Å². The molecule has 1 N–H and O–H groups in total. The molecule has 1 aliphatic rings. The minimum Gasteiger partial charge on any atom is -0.494 e. The number of rotatable bonds is 3. The summed E-state index contributed by atoms with van der Waals surface area (Å²) in [6.07, 6.45) is -2.62. The normalized spacial score (nSPS) is 15.9. The summed E-state index contributed by atoms with van der Waals surface area (Å²) >= 11 is 0. The Morgan fingerprint density at radius 2 is 2.15 bits per heavy atom. The lowest BCUT2D eigenvalue weighted by atomic mass is 10.1. The van der Waals surface area contributed by atoms with Crippen molar-refractivity contribution < 1.29 is 22.7 Å². The number of aryl methyl sites for hydroxylation is 1. The van der Waals surface area contributed by atoms with Gasteiger partial charge in [-0.1, -0.05) is 6.07 Å². The van der Waals surface area contributed by atoms with E-state index in [1.807, 2.05) is 0 Å². The first-order valence-corrected chi connectivity index (χ1v) is 7.78. The lowest BCUT2D eigenvalue weighted by Gasteiger charge is -2.16. The van der Waals surface area contributed by atoms with Crippen molar-refractivity contribution in [1.29, 1.82) is 5.26 Å². The second kappa shape index (κ2) is 6.67. The highest BCUT2D eigenvalue weighted by Gasteiger charge is 2.33. The monoisotopic (exact) mass is 361 g/mol. The van der Waals surface area contributed by atoms with Crippen LogP contribution in [-0.2, 0) is 12.6 Å². The third-order valence-corrected chi connectivity index (χ3v) is 4.27. The van der Waals surface area contributed by atoms with E-state index in [1.165, 1.54) is 7.11 Å². The van der Waals surface area contributed by atoms with Gasteiger partial charge in [0.1, 0.15) is 0 Å². The van der Waals surface area contributed by atoms with Crippen LogP contribution in [0.2, 0.25) is 0 Å². The van der Waals surface area contributed by atoms with Gasteiger partial charge in [0.05, 0.1) is 30.3 Å². The fourth-order valence-electron chi connectivity index (χ4n) is 2.99. The third kappa shape index (κ3) is 3.33. The van der Waals surface area contributed by atoms with Crippen LogP contribution >= 0.6 is 0 Å². The molecule has 2 aromatic rings. The molecule has 3 rings (SSSR count). The fourth-order valence-corrected chi connectivity index (χ4v) is 2.99. The molecule has 0 bridgehead atoms. The molecule has 1 heterocycles. The quantitative estimate of drug-likeness (QED) is 0.909. The van der Waals surface area contributed by atoms with Gasteiger partial charge in [-0.3, -0.25) is 4.79 Å². The van der Waals surface area contributed by atoms with Crippen LogP contribution in [0.4, 0.5) is 13.2 Å². The Morgan fingerprint density at radius 3 is 2.81 bits per heavy atom. The molecule has 0 radical (unpaired) electrons. The van der Waals surface area contributed by atoms with Gasteiger partial charge in [0.15, 0.2) is 11.4 Å². The van der Waals surface area contributed by atoms with Crippen LogP contribution in [0.15, 0.2) is 30.5 Å². The van der Waals surface area contributed by atoms with Crippen molar-refractivity contribution in [2.45, 2.75) is 25.1 Å². The molecule has 134 valence electrons.